The van der Waals surface area contributed by atoms with Crippen LogP contribution < -0.4 is 0 Å². The van der Waals surface area contributed by atoms with Crippen LogP contribution in [0.4, 0.5) is 0 Å². The predicted octanol–water partition coefficient (Wildman–Crippen LogP) is 1.55. The third-order valence-electron chi connectivity index (χ3n) is 0.848. The molecule has 2 nitrogen and oxygen atoms in total. The van der Waals surface area contributed by atoms with Gasteiger partial charge in [0.15, 0.2) is 0 Å². The number of esters is 1. The summed E-state index contributed by atoms with van der Waals surface area (Å²) in [5.74, 6) is -0.133. The molecule has 0 unspecified atom stereocenters. The van der Waals surface area contributed by atoms with E-state index in [-0.39, 0.29) is 5.97 Å². The predicted molar refractivity (Wildman–Crippen MR) is 35.8 cm³/mol. The van der Waals surface area contributed by atoms with Gasteiger partial charge in [-0.3, -0.25) is 4.79 Å². The molecule has 1 radical (unpaired) electrons. The summed E-state index contributed by atoms with van der Waals surface area (Å²) < 4.78 is 4.75. The zero-order valence-corrected chi connectivity index (χ0v) is 5.85. The van der Waals surface area contributed by atoms with Crippen molar-refractivity contribution in [3.63, 3.8) is 0 Å². The molecule has 9 heavy (non-hydrogen) atoms. The van der Waals surface area contributed by atoms with Crippen molar-refractivity contribution in [1.82, 2.24) is 0 Å². The summed E-state index contributed by atoms with van der Waals surface area (Å²) in [6, 6.07) is 0. The average molecular weight is 129 g/mol. The van der Waals surface area contributed by atoms with Gasteiger partial charge in [-0.25, -0.2) is 0 Å². The molecular weight excluding hydrogens is 116 g/mol. The molecule has 0 amide bonds. The molecule has 53 valence electrons. The van der Waals surface area contributed by atoms with Crippen molar-refractivity contribution in [3.05, 3.63) is 6.92 Å². The van der Waals surface area contributed by atoms with Gasteiger partial charge in [0.1, 0.15) is 0 Å². The lowest BCUT2D eigenvalue weighted by Crippen LogP contribution is -2.03. The number of hydrogen-bond acceptors (Lipinski definition) is 2. The van der Waals surface area contributed by atoms with Crippen LogP contribution in [0.5, 0.6) is 0 Å². The summed E-state index contributed by atoms with van der Waals surface area (Å²) >= 11 is 0. The first kappa shape index (κ1) is 8.47. The van der Waals surface area contributed by atoms with Crippen molar-refractivity contribution >= 4 is 5.97 Å². The van der Waals surface area contributed by atoms with E-state index in [1.54, 1.807) is 0 Å². The Kier molecular flexibility index (Phi) is 5.27. The topological polar surface area (TPSA) is 26.3 Å². The van der Waals surface area contributed by atoms with E-state index < -0.39 is 0 Å². The molecule has 0 rings (SSSR count). The minimum absolute atomic E-state index is 0.133. The molecule has 2 heteroatoms. The van der Waals surface area contributed by atoms with Gasteiger partial charge >= 0.3 is 5.97 Å². The fourth-order valence-electron chi connectivity index (χ4n) is 0.432. The van der Waals surface area contributed by atoms with Crippen LogP contribution in [0.25, 0.3) is 0 Å². The molecule has 0 spiro atoms. The van der Waals surface area contributed by atoms with E-state index in [0.29, 0.717) is 19.4 Å². The standard InChI is InChI=1S/C7H13O2/c1-3-5-7(8)9-6-4-2/h1,3-6H2,2H3. The Bertz CT molecular complexity index is 79.0. The van der Waals surface area contributed by atoms with E-state index in [1.165, 1.54) is 0 Å². The van der Waals surface area contributed by atoms with Gasteiger partial charge in [-0.15, -0.1) is 0 Å². The molecule has 0 fully saturated rings. The minimum Gasteiger partial charge on any atom is -0.466 e. The molecule has 0 aliphatic rings. The highest BCUT2D eigenvalue weighted by Gasteiger charge is 1.96. The van der Waals surface area contributed by atoms with Crippen LogP contribution in [-0.2, 0) is 9.53 Å². The Morgan fingerprint density at radius 2 is 2.33 bits per heavy atom. The molecule has 0 aromatic heterocycles. The first-order chi connectivity index (χ1) is 4.31. The van der Waals surface area contributed by atoms with Crippen LogP contribution in [-0.4, -0.2) is 12.6 Å². The van der Waals surface area contributed by atoms with Gasteiger partial charge < -0.3 is 4.74 Å². The number of carbonyl (C=O) groups is 1. The fraction of sp³-hybridized carbons (Fsp3) is 0.714. The molecule has 0 saturated heterocycles. The third-order valence-corrected chi connectivity index (χ3v) is 0.848. The molecule has 0 aromatic carbocycles. The number of ether oxygens (including phenoxy) is 1. The van der Waals surface area contributed by atoms with E-state index in [9.17, 15) is 4.79 Å². The van der Waals surface area contributed by atoms with E-state index in [2.05, 4.69) is 6.92 Å². The second-order valence-corrected chi connectivity index (χ2v) is 1.82. The first-order valence-corrected chi connectivity index (χ1v) is 3.26. The highest BCUT2D eigenvalue weighted by molar-refractivity contribution is 5.69. The maximum Gasteiger partial charge on any atom is 0.305 e. The summed E-state index contributed by atoms with van der Waals surface area (Å²) in [6.07, 6.45) is 1.96. The minimum atomic E-state index is -0.133. The van der Waals surface area contributed by atoms with Gasteiger partial charge in [-0.1, -0.05) is 13.8 Å². The average Bonchev–Trinajstić information content (AvgIpc) is 1.85. The van der Waals surface area contributed by atoms with Crippen molar-refractivity contribution in [2.45, 2.75) is 26.2 Å². The summed E-state index contributed by atoms with van der Waals surface area (Å²) in [4.78, 5) is 10.5. The normalized spacial score (nSPS) is 9.11. The van der Waals surface area contributed by atoms with Gasteiger partial charge in [0.05, 0.1) is 6.61 Å². The molecule has 0 N–H and O–H groups in total. The third kappa shape index (κ3) is 5.34. The maximum atomic E-state index is 10.5. The van der Waals surface area contributed by atoms with Crippen LogP contribution in [0.1, 0.15) is 26.2 Å². The van der Waals surface area contributed by atoms with Crippen molar-refractivity contribution < 1.29 is 9.53 Å². The van der Waals surface area contributed by atoms with Crippen molar-refractivity contribution in [2.24, 2.45) is 0 Å². The molecule has 0 heterocycles. The smallest absolute Gasteiger partial charge is 0.305 e. The zero-order chi connectivity index (χ0) is 7.11. The Morgan fingerprint density at radius 1 is 1.67 bits per heavy atom. The molecule has 0 aliphatic heterocycles. The molecule has 0 saturated carbocycles. The second-order valence-electron chi connectivity index (χ2n) is 1.82. The Hall–Kier alpha value is -0.530. The molecule has 0 aromatic rings. The number of rotatable bonds is 4. The monoisotopic (exact) mass is 129 g/mol. The van der Waals surface area contributed by atoms with Crippen LogP contribution in [0.15, 0.2) is 0 Å². The Labute approximate surface area is 56.2 Å². The number of hydrogen-bond donors (Lipinski definition) is 0. The lowest BCUT2D eigenvalue weighted by Gasteiger charge is -1.99. The van der Waals surface area contributed by atoms with Crippen LogP contribution in [0, 0.1) is 6.92 Å². The van der Waals surface area contributed by atoms with E-state index in [0.717, 1.165) is 6.42 Å². The van der Waals surface area contributed by atoms with Crippen LogP contribution in [0.3, 0.4) is 0 Å². The maximum absolute atomic E-state index is 10.5. The molecule has 0 atom stereocenters. The SMILES string of the molecule is [CH2]CCC(=O)OCCC. The van der Waals surface area contributed by atoms with Gasteiger partial charge in [-0.05, 0) is 12.8 Å². The van der Waals surface area contributed by atoms with Gasteiger partial charge in [0.25, 0.3) is 0 Å². The lowest BCUT2D eigenvalue weighted by molar-refractivity contribution is -0.143. The van der Waals surface area contributed by atoms with Gasteiger partial charge in [0.2, 0.25) is 0 Å². The molecule has 0 aliphatic carbocycles. The van der Waals surface area contributed by atoms with E-state index >= 15 is 0 Å². The lowest BCUT2D eigenvalue weighted by atomic mass is 10.3. The summed E-state index contributed by atoms with van der Waals surface area (Å²) in [6.45, 7) is 6.04. The summed E-state index contributed by atoms with van der Waals surface area (Å²) in [5, 5.41) is 0. The summed E-state index contributed by atoms with van der Waals surface area (Å²) in [5.41, 5.74) is 0. The first-order valence-electron chi connectivity index (χ1n) is 3.26. The molecular formula is C7H13O2. The number of carbonyl (C=O) groups excluding carboxylic acids is 1. The van der Waals surface area contributed by atoms with Crippen molar-refractivity contribution in [2.75, 3.05) is 6.61 Å². The highest BCUT2D eigenvalue weighted by Crippen LogP contribution is 1.90. The largest absolute Gasteiger partial charge is 0.466 e. The van der Waals surface area contributed by atoms with Crippen LogP contribution >= 0.6 is 0 Å². The molecule has 0 bridgehead atoms. The van der Waals surface area contributed by atoms with Gasteiger partial charge in [-0.2, -0.15) is 0 Å². The zero-order valence-electron chi connectivity index (χ0n) is 5.85. The van der Waals surface area contributed by atoms with Gasteiger partial charge in [0, 0.05) is 6.42 Å². The van der Waals surface area contributed by atoms with E-state index in [4.69, 9.17) is 4.74 Å². The fourth-order valence-corrected chi connectivity index (χ4v) is 0.432. The Balaban J connectivity index is 3.06. The second kappa shape index (κ2) is 5.60. The van der Waals surface area contributed by atoms with Crippen LogP contribution in [0.2, 0.25) is 0 Å². The highest BCUT2D eigenvalue weighted by atomic mass is 16.5. The van der Waals surface area contributed by atoms with Crippen molar-refractivity contribution in [1.29, 1.82) is 0 Å². The Morgan fingerprint density at radius 3 is 2.78 bits per heavy atom. The van der Waals surface area contributed by atoms with Crippen molar-refractivity contribution in [3.8, 4) is 0 Å². The summed E-state index contributed by atoms with van der Waals surface area (Å²) in [7, 11) is 0. The van der Waals surface area contributed by atoms with E-state index in [1.807, 2.05) is 6.92 Å². The quantitative estimate of drug-likeness (QED) is 0.538.